The van der Waals surface area contributed by atoms with E-state index in [0.29, 0.717) is 0 Å². The van der Waals surface area contributed by atoms with Gasteiger partial charge in [0.1, 0.15) is 23.0 Å². The van der Waals surface area contributed by atoms with Crippen molar-refractivity contribution in [2.24, 2.45) is 0 Å². The van der Waals surface area contributed by atoms with Crippen molar-refractivity contribution in [3.8, 4) is 23.0 Å². The van der Waals surface area contributed by atoms with Crippen LogP contribution in [0.15, 0.2) is 118 Å². The number of unbranched alkanes of at least 4 members (excludes halogenated alkanes) is 2. The number of para-hydroxylation sites is 1. The van der Waals surface area contributed by atoms with Crippen LogP contribution >= 0.6 is 0 Å². The van der Waals surface area contributed by atoms with Crippen molar-refractivity contribution in [3.05, 3.63) is 103 Å². The Hall–Kier alpha value is -3.37. The van der Waals surface area contributed by atoms with Crippen molar-refractivity contribution in [2.45, 2.75) is 54.2 Å². The molecule has 0 spiro atoms. The molecule has 0 amide bonds. The Labute approximate surface area is 218 Å². The van der Waals surface area contributed by atoms with E-state index < -0.39 is 0 Å². The zero-order chi connectivity index (χ0) is 25.0. The van der Waals surface area contributed by atoms with Gasteiger partial charge in [-0.2, -0.15) is 0 Å². The fourth-order valence-corrected chi connectivity index (χ4v) is 5.73. The lowest BCUT2D eigenvalue weighted by Crippen LogP contribution is -2.05. The van der Waals surface area contributed by atoms with Gasteiger partial charge in [0, 0.05) is 0 Å². The smallest absolute Gasteiger partial charge is 0.166 e. The molecule has 0 bridgehead atoms. The molecule has 0 fully saturated rings. The highest BCUT2D eigenvalue weighted by Crippen LogP contribution is 2.34. The van der Waals surface area contributed by atoms with Gasteiger partial charge in [0.15, 0.2) is 14.7 Å². The Morgan fingerprint density at radius 1 is 0.472 bits per heavy atom. The summed E-state index contributed by atoms with van der Waals surface area (Å²) in [7, 11) is -0.267. The Morgan fingerprint density at radius 3 is 1.28 bits per heavy atom. The van der Waals surface area contributed by atoms with Crippen LogP contribution in [-0.4, -0.2) is 13.2 Å². The molecular formula is C32H35O3S+. The van der Waals surface area contributed by atoms with Gasteiger partial charge in [0.05, 0.1) is 24.1 Å². The monoisotopic (exact) mass is 499 g/mol. The lowest BCUT2D eigenvalue weighted by atomic mass is 10.3. The van der Waals surface area contributed by atoms with Crippen LogP contribution in [0.2, 0.25) is 0 Å². The summed E-state index contributed by atoms with van der Waals surface area (Å²) in [5.74, 6) is 3.50. The van der Waals surface area contributed by atoms with Gasteiger partial charge < -0.3 is 14.2 Å². The van der Waals surface area contributed by atoms with Crippen LogP contribution in [-0.2, 0) is 10.9 Å². The summed E-state index contributed by atoms with van der Waals surface area (Å²) in [6.07, 6.45) is 4.39. The molecular weight excluding hydrogens is 464 g/mol. The van der Waals surface area contributed by atoms with Gasteiger partial charge in [-0.3, -0.25) is 0 Å². The third kappa shape index (κ3) is 7.32. The Kier molecular flexibility index (Phi) is 9.75. The molecule has 0 aliphatic rings. The number of ether oxygens (including phenoxy) is 3. The summed E-state index contributed by atoms with van der Waals surface area (Å²) in [5, 5.41) is 0. The van der Waals surface area contributed by atoms with Gasteiger partial charge >= 0.3 is 0 Å². The maximum atomic E-state index is 6.02. The molecule has 0 unspecified atom stereocenters. The SMILES string of the molecule is CCCCOc1ccc([S+](c2ccc(OCCCC)cc2)c2ccc(Oc3ccccc3)cc2)cc1. The Morgan fingerprint density at radius 2 is 0.861 bits per heavy atom. The van der Waals surface area contributed by atoms with E-state index in [-0.39, 0.29) is 10.9 Å². The first-order chi connectivity index (χ1) is 17.8. The fraction of sp³-hybridized carbons (Fsp3) is 0.250. The largest absolute Gasteiger partial charge is 0.494 e. The molecule has 186 valence electrons. The van der Waals surface area contributed by atoms with Crippen LogP contribution in [0.3, 0.4) is 0 Å². The third-order valence-corrected chi connectivity index (χ3v) is 7.92. The second kappa shape index (κ2) is 13.6. The standard InChI is InChI=1S/C32H35O3S/c1-3-5-24-33-26-12-18-30(19-13-26)36(31-20-14-27(15-21-31)34-25-6-4-2)32-22-16-29(17-23-32)35-28-10-8-7-9-11-28/h7-23H,3-6,24-25H2,1-2H3/q+1. The van der Waals surface area contributed by atoms with E-state index in [2.05, 4.69) is 74.5 Å². The lowest BCUT2D eigenvalue weighted by Gasteiger charge is -2.11. The number of benzene rings is 4. The van der Waals surface area contributed by atoms with Crippen molar-refractivity contribution in [2.75, 3.05) is 13.2 Å². The van der Waals surface area contributed by atoms with Gasteiger partial charge in [-0.25, -0.2) is 0 Å². The van der Waals surface area contributed by atoms with E-state index in [9.17, 15) is 0 Å². The first-order valence-corrected chi connectivity index (χ1v) is 14.0. The van der Waals surface area contributed by atoms with Gasteiger partial charge in [-0.1, -0.05) is 44.9 Å². The van der Waals surface area contributed by atoms with Crippen LogP contribution in [0.25, 0.3) is 0 Å². The topological polar surface area (TPSA) is 27.7 Å². The first-order valence-electron chi connectivity index (χ1n) is 12.8. The average Bonchev–Trinajstić information content (AvgIpc) is 2.92. The van der Waals surface area contributed by atoms with Crippen LogP contribution in [0.4, 0.5) is 0 Å². The highest BCUT2D eigenvalue weighted by atomic mass is 32.2. The number of hydrogen-bond donors (Lipinski definition) is 0. The second-order valence-electron chi connectivity index (χ2n) is 8.54. The molecule has 3 nitrogen and oxygen atoms in total. The van der Waals surface area contributed by atoms with Crippen molar-refractivity contribution in [1.29, 1.82) is 0 Å². The summed E-state index contributed by atoms with van der Waals surface area (Å²) in [6, 6.07) is 35.4. The lowest BCUT2D eigenvalue weighted by molar-refractivity contribution is 0.309. The molecule has 4 heteroatoms. The summed E-state index contributed by atoms with van der Waals surface area (Å²) < 4.78 is 17.8. The maximum absolute atomic E-state index is 6.02. The highest BCUT2D eigenvalue weighted by Gasteiger charge is 2.29. The van der Waals surface area contributed by atoms with Crippen LogP contribution in [0.5, 0.6) is 23.0 Å². The third-order valence-electron chi connectivity index (χ3n) is 5.69. The minimum absolute atomic E-state index is 0.267. The zero-order valence-electron chi connectivity index (χ0n) is 21.2. The van der Waals surface area contributed by atoms with Crippen LogP contribution in [0.1, 0.15) is 39.5 Å². The van der Waals surface area contributed by atoms with E-state index >= 15 is 0 Å². The normalized spacial score (nSPS) is 10.9. The molecule has 36 heavy (non-hydrogen) atoms. The van der Waals surface area contributed by atoms with E-state index in [0.717, 1.165) is 61.9 Å². The molecule has 4 aromatic rings. The Bertz CT molecular complexity index is 1100. The predicted octanol–water partition coefficient (Wildman–Crippen LogP) is 8.93. The molecule has 0 saturated carbocycles. The maximum Gasteiger partial charge on any atom is 0.166 e. The quantitative estimate of drug-likeness (QED) is 0.136. The van der Waals surface area contributed by atoms with E-state index in [1.807, 2.05) is 42.5 Å². The van der Waals surface area contributed by atoms with Gasteiger partial charge in [-0.15, -0.1) is 0 Å². The molecule has 4 aromatic carbocycles. The molecule has 0 heterocycles. The summed E-state index contributed by atoms with van der Waals surface area (Å²) in [6.45, 7) is 5.86. The molecule has 0 aromatic heterocycles. The number of rotatable bonds is 13. The zero-order valence-corrected chi connectivity index (χ0v) is 22.0. The Balaban J connectivity index is 1.58. The van der Waals surface area contributed by atoms with Gasteiger partial charge in [0.25, 0.3) is 0 Å². The molecule has 0 aliphatic heterocycles. The molecule has 0 radical (unpaired) electrons. The average molecular weight is 500 g/mol. The van der Waals surface area contributed by atoms with Crippen LogP contribution in [0, 0.1) is 0 Å². The molecule has 4 rings (SSSR count). The summed E-state index contributed by atoms with van der Waals surface area (Å²) in [5.41, 5.74) is 0. The second-order valence-corrected chi connectivity index (χ2v) is 10.6. The molecule has 0 N–H and O–H groups in total. The van der Waals surface area contributed by atoms with E-state index in [4.69, 9.17) is 14.2 Å². The predicted molar refractivity (Wildman–Crippen MR) is 149 cm³/mol. The minimum atomic E-state index is -0.267. The summed E-state index contributed by atoms with van der Waals surface area (Å²) in [4.78, 5) is 3.72. The van der Waals surface area contributed by atoms with E-state index in [1.54, 1.807) is 0 Å². The van der Waals surface area contributed by atoms with Crippen molar-refractivity contribution in [1.82, 2.24) is 0 Å². The molecule has 0 aliphatic carbocycles. The molecule has 0 saturated heterocycles. The number of hydrogen-bond acceptors (Lipinski definition) is 3. The van der Waals surface area contributed by atoms with E-state index in [1.165, 1.54) is 14.7 Å². The molecule has 0 atom stereocenters. The fourth-order valence-electron chi connectivity index (χ4n) is 3.69. The van der Waals surface area contributed by atoms with Crippen molar-refractivity contribution < 1.29 is 14.2 Å². The van der Waals surface area contributed by atoms with Crippen molar-refractivity contribution >= 4 is 10.9 Å². The van der Waals surface area contributed by atoms with Crippen LogP contribution < -0.4 is 14.2 Å². The first kappa shape index (κ1) is 25.7. The van der Waals surface area contributed by atoms with Gasteiger partial charge in [0.2, 0.25) is 0 Å². The van der Waals surface area contributed by atoms with Gasteiger partial charge in [-0.05, 0) is 97.8 Å². The summed E-state index contributed by atoms with van der Waals surface area (Å²) >= 11 is 0. The highest BCUT2D eigenvalue weighted by molar-refractivity contribution is 7.97. The van der Waals surface area contributed by atoms with Crippen molar-refractivity contribution in [3.63, 3.8) is 0 Å². The minimum Gasteiger partial charge on any atom is -0.494 e.